The summed E-state index contributed by atoms with van der Waals surface area (Å²) in [5.41, 5.74) is 2.78. The van der Waals surface area contributed by atoms with Crippen molar-refractivity contribution in [2.75, 3.05) is 31.1 Å². The minimum absolute atomic E-state index is 0. The van der Waals surface area contributed by atoms with Gasteiger partial charge in [-0.25, -0.2) is 15.0 Å². The van der Waals surface area contributed by atoms with Gasteiger partial charge in [0.25, 0.3) is 5.91 Å². The van der Waals surface area contributed by atoms with Crippen LogP contribution in [-0.4, -0.2) is 58.2 Å². The molecule has 2 aromatic heterocycles. The molecule has 1 saturated heterocycles. The lowest BCUT2D eigenvalue weighted by molar-refractivity contribution is 0.0944. The van der Waals surface area contributed by atoms with Crippen molar-refractivity contribution in [3.8, 4) is 0 Å². The predicted molar refractivity (Wildman–Crippen MR) is 127 cm³/mol. The first kappa shape index (κ1) is 21.9. The van der Waals surface area contributed by atoms with E-state index in [1.807, 2.05) is 23.1 Å². The quantitative estimate of drug-likeness (QED) is 0.537. The van der Waals surface area contributed by atoms with Gasteiger partial charge in [0.05, 0.1) is 12.6 Å². The number of nitrogens with one attached hydrogen (secondary N) is 2. The van der Waals surface area contributed by atoms with E-state index in [9.17, 15) is 9.90 Å². The molecule has 0 spiro atoms. The van der Waals surface area contributed by atoms with Crippen molar-refractivity contribution in [1.29, 1.82) is 0 Å². The fraction of sp³-hybridized carbons (Fsp3) is 0.429. The number of thiazole rings is 1. The van der Waals surface area contributed by atoms with Gasteiger partial charge in [0.2, 0.25) is 0 Å². The van der Waals surface area contributed by atoms with E-state index in [4.69, 9.17) is 0 Å². The molecule has 3 aromatic rings. The van der Waals surface area contributed by atoms with Gasteiger partial charge in [-0.1, -0.05) is 29.5 Å². The molecule has 2 aliphatic rings. The minimum atomic E-state index is -0.164. The van der Waals surface area contributed by atoms with E-state index in [1.54, 1.807) is 0 Å². The fourth-order valence-electron chi connectivity index (χ4n) is 4.31. The second kappa shape index (κ2) is 9.47. The number of hydrogen-bond donors (Lipinski definition) is 3. The maximum atomic E-state index is 12.7. The summed E-state index contributed by atoms with van der Waals surface area (Å²) < 4.78 is 0. The van der Waals surface area contributed by atoms with Crippen molar-refractivity contribution in [2.24, 2.45) is 5.92 Å². The topological polar surface area (TPSA) is 103 Å². The van der Waals surface area contributed by atoms with Crippen LogP contribution < -0.4 is 15.5 Å². The Bertz CT molecular complexity index is 1070. The van der Waals surface area contributed by atoms with E-state index in [-0.39, 0.29) is 32.1 Å². The van der Waals surface area contributed by atoms with Crippen molar-refractivity contribution >= 4 is 52.6 Å². The number of carbonyl (C=O) groups excluding carboxylic acids is 1. The molecule has 1 aromatic carbocycles. The molecule has 31 heavy (non-hydrogen) atoms. The number of rotatable bonds is 5. The average molecular weight is 459 g/mol. The van der Waals surface area contributed by atoms with Gasteiger partial charge in [-0.05, 0) is 49.9 Å². The SMILES string of the molecule is O=C(NCC1CCNCC1)c1nc2c(N3c4ccccc4C[C@H]3CO)ncnc2s1.S. The molecule has 0 saturated carbocycles. The molecule has 5 rings (SSSR count). The number of carbonyl (C=O) groups is 1. The summed E-state index contributed by atoms with van der Waals surface area (Å²) in [6.45, 7) is 2.68. The molecule has 164 valence electrons. The third-order valence-corrected chi connectivity index (χ3v) is 6.85. The minimum Gasteiger partial charge on any atom is -0.394 e. The van der Waals surface area contributed by atoms with Crippen LogP contribution in [0.4, 0.5) is 11.5 Å². The number of amides is 1. The Balaban J connectivity index is 0.00000231. The molecule has 8 nitrogen and oxygen atoms in total. The number of aliphatic hydroxyl groups is 1. The summed E-state index contributed by atoms with van der Waals surface area (Å²) in [6.07, 6.45) is 4.40. The summed E-state index contributed by atoms with van der Waals surface area (Å²) in [5, 5.41) is 16.7. The highest BCUT2D eigenvalue weighted by Crippen LogP contribution is 2.40. The maximum Gasteiger partial charge on any atom is 0.280 e. The third-order valence-electron chi connectivity index (χ3n) is 5.89. The lowest BCUT2D eigenvalue weighted by Crippen LogP contribution is -2.35. The number of anilines is 2. The average Bonchev–Trinajstić information content (AvgIpc) is 3.39. The predicted octanol–water partition coefficient (Wildman–Crippen LogP) is 1.98. The summed E-state index contributed by atoms with van der Waals surface area (Å²) in [6, 6.07) is 7.96. The number of para-hydroxylation sites is 1. The number of fused-ring (bicyclic) bond motifs is 2. The molecule has 0 unspecified atom stereocenters. The summed E-state index contributed by atoms with van der Waals surface area (Å²) in [4.78, 5) is 28.9. The molecule has 0 radical (unpaired) electrons. The lowest BCUT2D eigenvalue weighted by Gasteiger charge is -2.25. The first-order chi connectivity index (χ1) is 14.7. The Morgan fingerprint density at radius 2 is 2.06 bits per heavy atom. The largest absolute Gasteiger partial charge is 0.394 e. The number of aromatic nitrogens is 3. The zero-order chi connectivity index (χ0) is 20.5. The van der Waals surface area contributed by atoms with Crippen LogP contribution in [0.2, 0.25) is 0 Å². The molecule has 10 heteroatoms. The molecule has 1 fully saturated rings. The van der Waals surface area contributed by atoms with E-state index in [0.29, 0.717) is 33.6 Å². The van der Waals surface area contributed by atoms with Gasteiger partial charge in [-0.3, -0.25) is 4.79 Å². The highest BCUT2D eigenvalue weighted by Gasteiger charge is 2.32. The van der Waals surface area contributed by atoms with Crippen molar-refractivity contribution < 1.29 is 9.90 Å². The van der Waals surface area contributed by atoms with Gasteiger partial charge in [0.1, 0.15) is 16.7 Å². The third kappa shape index (κ3) is 4.25. The second-order valence-electron chi connectivity index (χ2n) is 7.81. The molecule has 1 amide bonds. The highest BCUT2D eigenvalue weighted by atomic mass is 32.1. The second-order valence-corrected chi connectivity index (χ2v) is 8.79. The summed E-state index contributed by atoms with van der Waals surface area (Å²) in [5.74, 6) is 0.979. The number of benzene rings is 1. The molecular weight excluding hydrogens is 432 g/mol. The fourth-order valence-corrected chi connectivity index (χ4v) is 5.13. The first-order valence-corrected chi connectivity index (χ1v) is 11.1. The van der Waals surface area contributed by atoms with Crippen LogP contribution in [0, 0.1) is 5.92 Å². The van der Waals surface area contributed by atoms with Crippen LogP contribution in [0.3, 0.4) is 0 Å². The summed E-state index contributed by atoms with van der Waals surface area (Å²) in [7, 11) is 0. The van der Waals surface area contributed by atoms with Crippen molar-refractivity contribution in [3.63, 3.8) is 0 Å². The van der Waals surface area contributed by atoms with Crippen LogP contribution in [-0.2, 0) is 6.42 Å². The molecule has 1 atom stereocenters. The van der Waals surface area contributed by atoms with E-state index in [1.165, 1.54) is 23.2 Å². The van der Waals surface area contributed by atoms with Crippen LogP contribution in [0.5, 0.6) is 0 Å². The van der Waals surface area contributed by atoms with Crippen LogP contribution in [0.1, 0.15) is 28.2 Å². The summed E-state index contributed by atoms with van der Waals surface area (Å²) >= 11 is 1.28. The number of hydrogen-bond acceptors (Lipinski definition) is 8. The van der Waals surface area contributed by atoms with E-state index in [2.05, 4.69) is 31.7 Å². The maximum absolute atomic E-state index is 12.7. The van der Waals surface area contributed by atoms with Crippen molar-refractivity contribution in [1.82, 2.24) is 25.6 Å². The van der Waals surface area contributed by atoms with Crippen molar-refractivity contribution in [3.05, 3.63) is 41.2 Å². The molecule has 0 bridgehead atoms. The van der Waals surface area contributed by atoms with Gasteiger partial charge in [-0.2, -0.15) is 13.5 Å². The highest BCUT2D eigenvalue weighted by molar-refractivity contribution is 7.59. The van der Waals surface area contributed by atoms with E-state index < -0.39 is 0 Å². The molecule has 4 heterocycles. The molecule has 0 aliphatic carbocycles. The van der Waals surface area contributed by atoms with E-state index >= 15 is 0 Å². The molecular formula is C21H26N6O2S2. The normalized spacial score (nSPS) is 18.6. The Morgan fingerprint density at radius 3 is 2.87 bits per heavy atom. The number of piperidine rings is 1. The van der Waals surface area contributed by atoms with Crippen LogP contribution >= 0.6 is 24.8 Å². The van der Waals surface area contributed by atoms with Gasteiger partial charge in [0.15, 0.2) is 10.8 Å². The van der Waals surface area contributed by atoms with Crippen LogP contribution in [0.15, 0.2) is 30.6 Å². The standard InChI is InChI=1S/C21H24N6O2S.H2S/c28-11-15-9-14-3-1-2-4-16(14)27(15)18-17-20(25-12-24-18)30-21(26-17)19(29)23-10-13-5-7-22-8-6-13;/h1-4,12-13,15,22,28H,5-11H2,(H,23,29);1H2/t15-;/m0./s1. The van der Waals surface area contributed by atoms with E-state index in [0.717, 1.165) is 38.0 Å². The monoisotopic (exact) mass is 458 g/mol. The Hall–Kier alpha value is -2.27. The zero-order valence-corrected chi connectivity index (χ0v) is 18.9. The first-order valence-electron chi connectivity index (χ1n) is 10.3. The smallest absolute Gasteiger partial charge is 0.280 e. The number of nitrogens with zero attached hydrogens (tertiary/aromatic N) is 4. The van der Waals surface area contributed by atoms with Gasteiger partial charge in [0, 0.05) is 12.2 Å². The van der Waals surface area contributed by atoms with Gasteiger partial charge < -0.3 is 20.6 Å². The van der Waals surface area contributed by atoms with Crippen molar-refractivity contribution in [2.45, 2.75) is 25.3 Å². The Kier molecular flexibility index (Phi) is 6.71. The zero-order valence-electron chi connectivity index (χ0n) is 17.0. The molecule has 3 N–H and O–H groups in total. The van der Waals surface area contributed by atoms with Gasteiger partial charge >= 0.3 is 0 Å². The molecule has 2 aliphatic heterocycles. The van der Waals surface area contributed by atoms with Gasteiger partial charge in [-0.15, -0.1) is 0 Å². The number of aliphatic hydroxyl groups excluding tert-OH is 1. The van der Waals surface area contributed by atoms with Crippen LogP contribution in [0.25, 0.3) is 10.3 Å². The lowest BCUT2D eigenvalue weighted by atomic mass is 9.98. The Labute approximate surface area is 191 Å². The Morgan fingerprint density at radius 1 is 1.26 bits per heavy atom.